The minimum absolute atomic E-state index is 0.0496. The van der Waals surface area contributed by atoms with Crippen LogP contribution in [0.5, 0.6) is 0 Å². The largest absolute Gasteiger partial charge is 0.339 e. The fourth-order valence-electron chi connectivity index (χ4n) is 2.52. The van der Waals surface area contributed by atoms with Crippen molar-refractivity contribution in [2.75, 3.05) is 13.1 Å². The summed E-state index contributed by atoms with van der Waals surface area (Å²) in [5.74, 6) is 1.03. The van der Waals surface area contributed by atoms with Gasteiger partial charge in [0.1, 0.15) is 4.90 Å². The Morgan fingerprint density at radius 1 is 1.43 bits per heavy atom. The minimum atomic E-state index is -3.52. The molecule has 0 spiro atoms. The Kier molecular flexibility index (Phi) is 3.54. The molecule has 0 amide bonds. The standard InChI is InChI=1S/C12H17N5O3S/c1-9-14-12(20-15-9)10-4-3-5-17(7-10)21(18,19)11-6-13-16(2)8-11/h6,8,10H,3-5,7H2,1-2H3. The van der Waals surface area contributed by atoms with Crippen LogP contribution >= 0.6 is 0 Å². The molecule has 1 fully saturated rings. The maximum atomic E-state index is 12.6. The molecule has 3 rings (SSSR count). The first-order valence-electron chi connectivity index (χ1n) is 6.76. The lowest BCUT2D eigenvalue weighted by Gasteiger charge is -2.29. The molecule has 1 aliphatic heterocycles. The second-order valence-electron chi connectivity index (χ2n) is 5.23. The van der Waals surface area contributed by atoms with Gasteiger partial charge in [0, 0.05) is 26.3 Å². The van der Waals surface area contributed by atoms with Crippen LogP contribution in [0.1, 0.15) is 30.5 Å². The molecule has 1 aliphatic rings. The molecule has 0 aliphatic carbocycles. The van der Waals surface area contributed by atoms with Crippen molar-refractivity contribution in [3.8, 4) is 0 Å². The summed E-state index contributed by atoms with van der Waals surface area (Å²) in [6, 6.07) is 0. The smallest absolute Gasteiger partial charge is 0.246 e. The number of rotatable bonds is 3. The van der Waals surface area contributed by atoms with Crippen molar-refractivity contribution in [1.29, 1.82) is 0 Å². The van der Waals surface area contributed by atoms with E-state index in [4.69, 9.17) is 4.52 Å². The zero-order chi connectivity index (χ0) is 15.0. The van der Waals surface area contributed by atoms with E-state index in [-0.39, 0.29) is 10.8 Å². The number of aromatic nitrogens is 4. The number of aryl methyl sites for hydroxylation is 2. The van der Waals surface area contributed by atoms with Gasteiger partial charge in [0.25, 0.3) is 0 Å². The van der Waals surface area contributed by atoms with Crippen molar-refractivity contribution in [2.45, 2.75) is 30.6 Å². The van der Waals surface area contributed by atoms with E-state index in [0.29, 0.717) is 24.8 Å². The van der Waals surface area contributed by atoms with Crippen LogP contribution in [-0.2, 0) is 17.1 Å². The number of piperidine rings is 1. The predicted molar refractivity (Wildman–Crippen MR) is 73.0 cm³/mol. The fourth-order valence-corrected chi connectivity index (χ4v) is 4.03. The molecule has 21 heavy (non-hydrogen) atoms. The van der Waals surface area contributed by atoms with Crippen LogP contribution < -0.4 is 0 Å². The highest BCUT2D eigenvalue weighted by Gasteiger charge is 2.33. The first-order chi connectivity index (χ1) is 9.96. The Hall–Kier alpha value is -1.74. The molecule has 2 aromatic heterocycles. The molecule has 8 nitrogen and oxygen atoms in total. The van der Waals surface area contributed by atoms with Crippen LogP contribution in [0.15, 0.2) is 21.8 Å². The molecule has 0 radical (unpaired) electrons. The highest BCUT2D eigenvalue weighted by atomic mass is 32.2. The zero-order valence-electron chi connectivity index (χ0n) is 11.9. The molecule has 0 bridgehead atoms. The van der Waals surface area contributed by atoms with Gasteiger partial charge in [0.2, 0.25) is 15.9 Å². The predicted octanol–water partition coefficient (Wildman–Crippen LogP) is 0.680. The van der Waals surface area contributed by atoms with Gasteiger partial charge in [-0.3, -0.25) is 4.68 Å². The van der Waals surface area contributed by atoms with Crippen molar-refractivity contribution >= 4 is 10.0 Å². The lowest BCUT2D eigenvalue weighted by Crippen LogP contribution is -2.39. The molecular weight excluding hydrogens is 294 g/mol. The summed E-state index contributed by atoms with van der Waals surface area (Å²) in [7, 11) is -1.82. The first-order valence-corrected chi connectivity index (χ1v) is 8.20. The maximum Gasteiger partial charge on any atom is 0.246 e. The van der Waals surface area contributed by atoms with Crippen LogP contribution in [0.3, 0.4) is 0 Å². The molecule has 1 unspecified atom stereocenters. The molecule has 9 heteroatoms. The normalized spacial score (nSPS) is 20.8. The summed E-state index contributed by atoms with van der Waals surface area (Å²) in [4.78, 5) is 4.43. The Morgan fingerprint density at radius 3 is 2.86 bits per heavy atom. The molecule has 114 valence electrons. The van der Waals surface area contributed by atoms with Gasteiger partial charge in [0.05, 0.1) is 12.1 Å². The summed E-state index contributed by atoms with van der Waals surface area (Å²) in [6.07, 6.45) is 4.50. The van der Waals surface area contributed by atoms with Crippen LogP contribution in [0, 0.1) is 6.92 Å². The van der Waals surface area contributed by atoms with Gasteiger partial charge in [0.15, 0.2) is 5.82 Å². The van der Waals surface area contributed by atoms with Crippen molar-refractivity contribution in [3.05, 3.63) is 24.1 Å². The molecule has 0 N–H and O–H groups in total. The van der Waals surface area contributed by atoms with E-state index in [1.54, 1.807) is 14.0 Å². The highest BCUT2D eigenvalue weighted by Crippen LogP contribution is 2.29. The second kappa shape index (κ2) is 5.23. The van der Waals surface area contributed by atoms with E-state index in [1.807, 2.05) is 0 Å². The van der Waals surface area contributed by atoms with Crippen LogP contribution in [-0.4, -0.2) is 45.7 Å². The average Bonchev–Trinajstić information content (AvgIpc) is 3.08. The third-order valence-electron chi connectivity index (χ3n) is 3.60. The number of hydrogen-bond acceptors (Lipinski definition) is 6. The maximum absolute atomic E-state index is 12.6. The number of nitrogens with zero attached hydrogens (tertiary/aromatic N) is 5. The van der Waals surface area contributed by atoms with Crippen molar-refractivity contribution in [2.24, 2.45) is 7.05 Å². The SMILES string of the molecule is Cc1noc(C2CCCN(S(=O)(=O)c3cnn(C)c3)C2)n1. The van der Waals surface area contributed by atoms with Crippen molar-refractivity contribution in [1.82, 2.24) is 24.2 Å². The fraction of sp³-hybridized carbons (Fsp3) is 0.583. The minimum Gasteiger partial charge on any atom is -0.339 e. The van der Waals surface area contributed by atoms with Gasteiger partial charge >= 0.3 is 0 Å². The lowest BCUT2D eigenvalue weighted by molar-refractivity contribution is 0.265. The van der Waals surface area contributed by atoms with Gasteiger partial charge in [-0.25, -0.2) is 8.42 Å². The molecule has 0 aromatic carbocycles. The van der Waals surface area contributed by atoms with Crippen LogP contribution in [0.2, 0.25) is 0 Å². The molecule has 3 heterocycles. The Balaban J connectivity index is 1.83. The second-order valence-corrected chi connectivity index (χ2v) is 7.17. The van der Waals surface area contributed by atoms with E-state index in [9.17, 15) is 8.42 Å². The van der Waals surface area contributed by atoms with Crippen molar-refractivity contribution in [3.63, 3.8) is 0 Å². The number of sulfonamides is 1. The molecule has 1 atom stereocenters. The first kappa shape index (κ1) is 14.2. The summed E-state index contributed by atoms with van der Waals surface area (Å²) >= 11 is 0. The van der Waals surface area contributed by atoms with E-state index in [1.165, 1.54) is 21.4 Å². The molecular formula is C12H17N5O3S. The summed E-state index contributed by atoms with van der Waals surface area (Å²) in [5, 5.41) is 7.70. The van der Waals surface area contributed by atoms with Gasteiger partial charge in [-0.1, -0.05) is 5.16 Å². The van der Waals surface area contributed by atoms with Crippen molar-refractivity contribution < 1.29 is 12.9 Å². The van der Waals surface area contributed by atoms with Crippen LogP contribution in [0.4, 0.5) is 0 Å². The summed E-state index contributed by atoms with van der Waals surface area (Å²) < 4.78 is 33.3. The van der Waals surface area contributed by atoms with E-state index in [0.717, 1.165) is 12.8 Å². The molecule has 0 saturated carbocycles. The Labute approximate surface area is 122 Å². The Bertz CT molecular complexity index is 736. The van der Waals surface area contributed by atoms with E-state index < -0.39 is 10.0 Å². The van der Waals surface area contributed by atoms with E-state index in [2.05, 4.69) is 15.2 Å². The third kappa shape index (κ3) is 2.70. The lowest BCUT2D eigenvalue weighted by atomic mass is 10.00. The molecule has 1 saturated heterocycles. The zero-order valence-corrected chi connectivity index (χ0v) is 12.7. The van der Waals surface area contributed by atoms with Gasteiger partial charge in [-0.15, -0.1) is 0 Å². The van der Waals surface area contributed by atoms with Gasteiger partial charge in [-0.2, -0.15) is 14.4 Å². The van der Waals surface area contributed by atoms with Crippen LogP contribution in [0.25, 0.3) is 0 Å². The highest BCUT2D eigenvalue weighted by molar-refractivity contribution is 7.89. The monoisotopic (exact) mass is 311 g/mol. The quantitative estimate of drug-likeness (QED) is 0.827. The molecule has 2 aromatic rings. The summed E-state index contributed by atoms with van der Waals surface area (Å²) in [5.41, 5.74) is 0. The van der Waals surface area contributed by atoms with Gasteiger partial charge in [-0.05, 0) is 19.8 Å². The topological polar surface area (TPSA) is 94.1 Å². The number of hydrogen-bond donors (Lipinski definition) is 0. The van der Waals surface area contributed by atoms with Gasteiger partial charge < -0.3 is 4.52 Å². The average molecular weight is 311 g/mol. The third-order valence-corrected chi connectivity index (χ3v) is 5.41. The Morgan fingerprint density at radius 2 is 2.24 bits per heavy atom. The van der Waals surface area contributed by atoms with E-state index >= 15 is 0 Å². The summed E-state index contributed by atoms with van der Waals surface area (Å²) in [6.45, 7) is 2.61.